The fraction of sp³-hybridized carbons (Fsp3) is 0.333. The van der Waals surface area contributed by atoms with Crippen molar-refractivity contribution >= 4 is 10.2 Å². The van der Waals surface area contributed by atoms with Crippen molar-refractivity contribution in [2.75, 3.05) is 5.75 Å². The van der Waals surface area contributed by atoms with Crippen LogP contribution in [0.4, 0.5) is 3.89 Å². The van der Waals surface area contributed by atoms with Crippen molar-refractivity contribution in [3.05, 3.63) is 35.4 Å². The molecule has 4 heteroatoms. The standard InChI is InChI=1S/C9H11FO2S/c1-8-4-2-3-5-9(8)6-7-13(10,11)12/h2-5H,6-7H2,1H3. The first-order valence-corrected chi connectivity index (χ1v) is 5.51. The van der Waals surface area contributed by atoms with Gasteiger partial charge in [0.05, 0.1) is 5.75 Å². The van der Waals surface area contributed by atoms with Crippen molar-refractivity contribution in [2.45, 2.75) is 13.3 Å². The summed E-state index contributed by atoms with van der Waals surface area (Å²) in [5.41, 5.74) is 1.87. The van der Waals surface area contributed by atoms with Crippen molar-refractivity contribution in [1.29, 1.82) is 0 Å². The highest BCUT2D eigenvalue weighted by Crippen LogP contribution is 2.09. The highest BCUT2D eigenvalue weighted by Gasteiger charge is 2.07. The molecule has 0 saturated carbocycles. The lowest BCUT2D eigenvalue weighted by atomic mass is 10.1. The molecule has 0 atom stereocenters. The Kier molecular flexibility index (Phi) is 3.03. The van der Waals surface area contributed by atoms with Gasteiger partial charge in [0.2, 0.25) is 0 Å². The molecule has 0 aliphatic heterocycles. The highest BCUT2D eigenvalue weighted by molar-refractivity contribution is 7.86. The molecular formula is C9H11FO2S. The van der Waals surface area contributed by atoms with Crippen LogP contribution in [0.25, 0.3) is 0 Å². The van der Waals surface area contributed by atoms with Crippen LogP contribution in [0.1, 0.15) is 11.1 Å². The van der Waals surface area contributed by atoms with E-state index in [9.17, 15) is 12.3 Å². The molecule has 0 amide bonds. The topological polar surface area (TPSA) is 34.1 Å². The lowest BCUT2D eigenvalue weighted by Gasteiger charge is -2.02. The molecule has 0 unspecified atom stereocenters. The van der Waals surface area contributed by atoms with Gasteiger partial charge in [-0.2, -0.15) is 8.42 Å². The van der Waals surface area contributed by atoms with Gasteiger partial charge in [-0.3, -0.25) is 0 Å². The fourth-order valence-electron chi connectivity index (χ4n) is 1.12. The fourth-order valence-corrected chi connectivity index (χ4v) is 1.59. The molecule has 0 aliphatic carbocycles. The van der Waals surface area contributed by atoms with E-state index in [4.69, 9.17) is 0 Å². The molecule has 1 aromatic carbocycles. The molecule has 0 spiro atoms. The Morgan fingerprint density at radius 2 is 1.92 bits per heavy atom. The first kappa shape index (κ1) is 10.2. The number of hydrogen-bond donors (Lipinski definition) is 0. The summed E-state index contributed by atoms with van der Waals surface area (Å²) in [6.07, 6.45) is 0.242. The van der Waals surface area contributed by atoms with Gasteiger partial charge in [0.25, 0.3) is 0 Å². The number of rotatable bonds is 3. The molecular weight excluding hydrogens is 191 g/mol. The Balaban J connectivity index is 2.71. The summed E-state index contributed by atoms with van der Waals surface area (Å²) in [6, 6.07) is 7.36. The van der Waals surface area contributed by atoms with Gasteiger partial charge >= 0.3 is 10.2 Å². The SMILES string of the molecule is Cc1ccccc1CCS(=O)(=O)F. The molecule has 72 valence electrons. The van der Waals surface area contributed by atoms with E-state index in [2.05, 4.69) is 0 Å². The van der Waals surface area contributed by atoms with E-state index >= 15 is 0 Å². The predicted octanol–water partition coefficient (Wildman–Crippen LogP) is 1.84. The monoisotopic (exact) mass is 202 g/mol. The average Bonchev–Trinajstić information content (AvgIpc) is 2.01. The van der Waals surface area contributed by atoms with Crippen LogP contribution in [-0.2, 0) is 16.6 Å². The van der Waals surface area contributed by atoms with Gasteiger partial charge in [-0.25, -0.2) is 0 Å². The van der Waals surface area contributed by atoms with Crippen molar-refractivity contribution < 1.29 is 12.3 Å². The second kappa shape index (κ2) is 3.87. The summed E-state index contributed by atoms with van der Waals surface area (Å²) in [7, 11) is -4.34. The molecule has 0 aromatic heterocycles. The summed E-state index contributed by atoms with van der Waals surface area (Å²) >= 11 is 0. The minimum absolute atomic E-state index is 0.242. The van der Waals surface area contributed by atoms with Crippen molar-refractivity contribution in [1.82, 2.24) is 0 Å². The van der Waals surface area contributed by atoms with E-state index in [0.29, 0.717) is 0 Å². The van der Waals surface area contributed by atoms with E-state index in [1.165, 1.54) is 0 Å². The van der Waals surface area contributed by atoms with E-state index in [-0.39, 0.29) is 6.42 Å². The molecule has 1 rings (SSSR count). The summed E-state index contributed by atoms with van der Waals surface area (Å²) in [4.78, 5) is 0. The Bertz CT molecular complexity index is 384. The number of benzene rings is 1. The predicted molar refractivity (Wildman–Crippen MR) is 49.8 cm³/mol. The molecule has 0 heterocycles. The zero-order valence-corrected chi connectivity index (χ0v) is 8.14. The molecule has 0 fully saturated rings. The quantitative estimate of drug-likeness (QED) is 0.701. The third-order valence-corrected chi connectivity index (χ3v) is 2.57. The lowest BCUT2D eigenvalue weighted by Crippen LogP contribution is -2.03. The van der Waals surface area contributed by atoms with E-state index < -0.39 is 16.0 Å². The largest absolute Gasteiger partial charge is 0.302 e. The van der Waals surface area contributed by atoms with Gasteiger partial charge in [0.1, 0.15) is 0 Å². The first-order valence-electron chi connectivity index (χ1n) is 3.96. The highest BCUT2D eigenvalue weighted by atomic mass is 32.3. The molecule has 0 saturated heterocycles. The third-order valence-electron chi connectivity index (χ3n) is 1.88. The van der Waals surface area contributed by atoms with Crippen molar-refractivity contribution in [3.8, 4) is 0 Å². The van der Waals surface area contributed by atoms with Crippen LogP contribution < -0.4 is 0 Å². The van der Waals surface area contributed by atoms with Gasteiger partial charge in [-0.05, 0) is 24.5 Å². The summed E-state index contributed by atoms with van der Waals surface area (Å²) in [6.45, 7) is 1.88. The second-order valence-corrected chi connectivity index (χ2v) is 4.41. The van der Waals surface area contributed by atoms with Crippen molar-refractivity contribution in [3.63, 3.8) is 0 Å². The van der Waals surface area contributed by atoms with Crippen LogP contribution in [0, 0.1) is 6.92 Å². The van der Waals surface area contributed by atoms with E-state index in [0.717, 1.165) is 11.1 Å². The maximum Gasteiger partial charge on any atom is 0.302 e. The first-order chi connectivity index (χ1) is 5.99. The zero-order valence-electron chi connectivity index (χ0n) is 7.33. The van der Waals surface area contributed by atoms with Gasteiger partial charge in [-0.15, -0.1) is 3.89 Å². The number of halogens is 1. The number of hydrogen-bond acceptors (Lipinski definition) is 2. The van der Waals surface area contributed by atoms with Crippen LogP contribution in [0.5, 0.6) is 0 Å². The smallest absolute Gasteiger partial charge is 0.195 e. The molecule has 0 N–H and O–H groups in total. The van der Waals surface area contributed by atoms with Crippen LogP contribution >= 0.6 is 0 Å². The van der Waals surface area contributed by atoms with Crippen LogP contribution in [0.15, 0.2) is 24.3 Å². The van der Waals surface area contributed by atoms with E-state index in [1.54, 1.807) is 6.07 Å². The summed E-state index contributed by atoms with van der Waals surface area (Å²) < 4.78 is 32.7. The van der Waals surface area contributed by atoms with Gasteiger partial charge in [0, 0.05) is 0 Å². The molecule has 0 aliphatic rings. The Morgan fingerprint density at radius 1 is 1.31 bits per heavy atom. The van der Waals surface area contributed by atoms with Gasteiger partial charge in [0.15, 0.2) is 0 Å². The van der Waals surface area contributed by atoms with Crippen LogP contribution in [-0.4, -0.2) is 14.2 Å². The maximum atomic E-state index is 12.2. The third kappa shape index (κ3) is 3.55. The average molecular weight is 202 g/mol. The van der Waals surface area contributed by atoms with Gasteiger partial charge < -0.3 is 0 Å². The lowest BCUT2D eigenvalue weighted by molar-refractivity contribution is 0.551. The van der Waals surface area contributed by atoms with Crippen LogP contribution in [0.2, 0.25) is 0 Å². The molecule has 0 bridgehead atoms. The van der Waals surface area contributed by atoms with Crippen molar-refractivity contribution in [2.24, 2.45) is 0 Å². The van der Waals surface area contributed by atoms with Crippen LogP contribution in [0.3, 0.4) is 0 Å². The Hall–Kier alpha value is -0.900. The minimum Gasteiger partial charge on any atom is -0.195 e. The molecule has 13 heavy (non-hydrogen) atoms. The summed E-state index contributed by atoms with van der Waals surface area (Å²) in [5, 5.41) is 0. The normalized spacial score (nSPS) is 11.5. The second-order valence-electron chi connectivity index (χ2n) is 2.92. The summed E-state index contributed by atoms with van der Waals surface area (Å²) in [5.74, 6) is -0.433. The Labute approximate surface area is 77.6 Å². The van der Waals surface area contributed by atoms with E-state index in [1.807, 2.05) is 25.1 Å². The molecule has 2 nitrogen and oxygen atoms in total. The Morgan fingerprint density at radius 3 is 2.46 bits per heavy atom. The van der Waals surface area contributed by atoms with Gasteiger partial charge in [-0.1, -0.05) is 24.3 Å². The number of aryl methyl sites for hydroxylation is 2. The molecule has 1 aromatic rings. The zero-order chi connectivity index (χ0) is 9.90. The maximum absolute atomic E-state index is 12.2. The minimum atomic E-state index is -4.34. The molecule has 0 radical (unpaired) electrons.